The van der Waals surface area contributed by atoms with Crippen molar-refractivity contribution in [3.05, 3.63) is 15.6 Å². The van der Waals surface area contributed by atoms with Crippen LogP contribution in [-0.4, -0.2) is 41.7 Å². The number of aromatic nitrogens is 1. The van der Waals surface area contributed by atoms with Crippen molar-refractivity contribution in [1.82, 2.24) is 4.98 Å². The summed E-state index contributed by atoms with van der Waals surface area (Å²) < 4.78 is 11.2. The maximum Gasteiger partial charge on any atom is 0.356 e. The van der Waals surface area contributed by atoms with Crippen LogP contribution >= 0.6 is 11.3 Å². The fourth-order valence-corrected chi connectivity index (χ4v) is 3.45. The van der Waals surface area contributed by atoms with Gasteiger partial charge in [-0.15, -0.1) is 11.3 Å². The van der Waals surface area contributed by atoms with Crippen molar-refractivity contribution < 1.29 is 24.2 Å². The Kier molecular flexibility index (Phi) is 4.52. The van der Waals surface area contributed by atoms with Crippen LogP contribution in [0.4, 0.5) is 0 Å². The highest BCUT2D eigenvalue weighted by molar-refractivity contribution is 7.14. The molecule has 7 heteroatoms. The Balaban J connectivity index is 2.46. The van der Waals surface area contributed by atoms with Gasteiger partial charge in [0.2, 0.25) is 0 Å². The first-order valence-corrected chi connectivity index (χ1v) is 7.29. The Morgan fingerprint density at radius 1 is 1.45 bits per heavy atom. The highest BCUT2D eigenvalue weighted by Gasteiger charge is 2.40. The molecule has 1 saturated heterocycles. The summed E-state index contributed by atoms with van der Waals surface area (Å²) in [5.41, 5.74) is -0.807. The minimum absolute atomic E-state index is 0.178. The Morgan fingerprint density at radius 3 is 2.55 bits per heavy atom. The third kappa shape index (κ3) is 2.74. The average Bonchev–Trinajstić information content (AvgIpc) is 2.86. The predicted molar refractivity (Wildman–Crippen MR) is 72.4 cm³/mol. The van der Waals surface area contributed by atoms with Crippen LogP contribution in [-0.2, 0) is 15.1 Å². The molecule has 0 saturated carbocycles. The van der Waals surface area contributed by atoms with Crippen molar-refractivity contribution in [3.8, 4) is 0 Å². The first kappa shape index (κ1) is 15.1. The number of aromatic carboxylic acids is 1. The zero-order chi connectivity index (χ0) is 14.8. The molecule has 6 nitrogen and oxygen atoms in total. The molecule has 0 radical (unpaired) electrons. The Bertz CT molecular complexity index is 482. The third-order valence-electron chi connectivity index (χ3n) is 3.26. The fraction of sp³-hybridized carbons (Fsp3) is 0.615. The van der Waals surface area contributed by atoms with E-state index in [1.54, 1.807) is 0 Å². The largest absolute Gasteiger partial charge is 0.476 e. The molecule has 2 heterocycles. The van der Waals surface area contributed by atoms with Gasteiger partial charge in [-0.05, 0) is 6.92 Å². The van der Waals surface area contributed by atoms with E-state index in [1.165, 1.54) is 6.92 Å². The second-order valence-electron chi connectivity index (χ2n) is 4.60. The molecule has 0 atom stereocenters. The van der Waals surface area contributed by atoms with E-state index in [0.717, 1.165) is 11.3 Å². The Labute approximate surface area is 120 Å². The third-order valence-corrected chi connectivity index (χ3v) is 4.60. The average molecular weight is 299 g/mol. The van der Waals surface area contributed by atoms with Crippen LogP contribution in [0.25, 0.3) is 0 Å². The van der Waals surface area contributed by atoms with Gasteiger partial charge < -0.3 is 14.6 Å². The molecule has 1 fully saturated rings. The van der Waals surface area contributed by atoms with Crippen LogP contribution in [0.5, 0.6) is 0 Å². The minimum atomic E-state index is -1.18. The van der Waals surface area contributed by atoms with Crippen LogP contribution in [0.1, 0.15) is 51.9 Å². The summed E-state index contributed by atoms with van der Waals surface area (Å²) in [5.74, 6) is -1.47. The summed E-state index contributed by atoms with van der Waals surface area (Å²) in [7, 11) is 0. The SMILES string of the molecule is CCOC1(c2nc(C(=O)O)c(C(C)=O)s2)CCOCC1. The van der Waals surface area contributed by atoms with Crippen molar-refractivity contribution in [2.75, 3.05) is 19.8 Å². The summed E-state index contributed by atoms with van der Waals surface area (Å²) in [5, 5.41) is 9.73. The molecule has 20 heavy (non-hydrogen) atoms. The summed E-state index contributed by atoms with van der Waals surface area (Å²) in [4.78, 5) is 27.1. The molecule has 2 rings (SSSR count). The number of carbonyl (C=O) groups is 2. The molecule has 0 spiro atoms. The van der Waals surface area contributed by atoms with E-state index in [2.05, 4.69) is 4.98 Å². The van der Waals surface area contributed by atoms with E-state index < -0.39 is 11.6 Å². The van der Waals surface area contributed by atoms with Crippen molar-refractivity contribution in [2.24, 2.45) is 0 Å². The number of carboxylic acid groups (broad SMARTS) is 1. The van der Waals surface area contributed by atoms with E-state index >= 15 is 0 Å². The second kappa shape index (κ2) is 5.99. The van der Waals surface area contributed by atoms with Gasteiger partial charge in [0.15, 0.2) is 11.5 Å². The highest BCUT2D eigenvalue weighted by Crippen LogP contribution is 2.39. The van der Waals surface area contributed by atoms with Gasteiger partial charge in [0.1, 0.15) is 15.5 Å². The van der Waals surface area contributed by atoms with Crippen molar-refractivity contribution in [3.63, 3.8) is 0 Å². The number of nitrogens with zero attached hydrogens (tertiary/aromatic N) is 1. The zero-order valence-corrected chi connectivity index (χ0v) is 12.3. The molecule has 1 aliphatic rings. The zero-order valence-electron chi connectivity index (χ0n) is 11.5. The molecule has 0 bridgehead atoms. The minimum Gasteiger partial charge on any atom is -0.476 e. The van der Waals surface area contributed by atoms with Crippen molar-refractivity contribution in [2.45, 2.75) is 32.3 Å². The quantitative estimate of drug-likeness (QED) is 0.838. The van der Waals surface area contributed by atoms with Gasteiger partial charge in [-0.25, -0.2) is 9.78 Å². The maximum atomic E-state index is 11.6. The van der Waals surface area contributed by atoms with Gasteiger partial charge in [0.05, 0.1) is 0 Å². The van der Waals surface area contributed by atoms with E-state index in [-0.39, 0.29) is 16.4 Å². The van der Waals surface area contributed by atoms with Crippen LogP contribution in [0, 0.1) is 0 Å². The van der Waals surface area contributed by atoms with E-state index in [4.69, 9.17) is 14.6 Å². The fourth-order valence-electron chi connectivity index (χ4n) is 2.30. The van der Waals surface area contributed by atoms with Gasteiger partial charge in [0, 0.05) is 39.6 Å². The summed E-state index contributed by atoms with van der Waals surface area (Å²) in [6, 6.07) is 0. The smallest absolute Gasteiger partial charge is 0.356 e. The highest BCUT2D eigenvalue weighted by atomic mass is 32.1. The molecule has 1 N–H and O–H groups in total. The normalized spacial score (nSPS) is 17.9. The van der Waals surface area contributed by atoms with E-state index in [1.807, 2.05) is 6.92 Å². The molecular weight excluding hydrogens is 282 g/mol. The van der Waals surface area contributed by atoms with Crippen molar-refractivity contribution >= 4 is 23.1 Å². The molecule has 110 valence electrons. The second-order valence-corrected chi connectivity index (χ2v) is 5.60. The number of thiazole rings is 1. The summed E-state index contributed by atoms with van der Waals surface area (Å²) >= 11 is 1.12. The number of ether oxygens (including phenoxy) is 2. The standard InChI is InChI=1S/C13H17NO5S/c1-3-19-13(4-6-18-7-5-13)12-14-9(11(16)17)10(20-12)8(2)15/h3-7H2,1-2H3,(H,16,17). The van der Waals surface area contributed by atoms with Crippen LogP contribution < -0.4 is 0 Å². The molecule has 1 aliphatic heterocycles. The topological polar surface area (TPSA) is 85.7 Å². The lowest BCUT2D eigenvalue weighted by Crippen LogP contribution is -2.36. The lowest BCUT2D eigenvalue weighted by Gasteiger charge is -2.35. The van der Waals surface area contributed by atoms with Crippen LogP contribution in [0.2, 0.25) is 0 Å². The first-order valence-electron chi connectivity index (χ1n) is 6.47. The van der Waals surface area contributed by atoms with Crippen LogP contribution in [0.3, 0.4) is 0 Å². The predicted octanol–water partition coefficient (Wildman–Crippen LogP) is 2.09. The molecule has 0 unspecified atom stereocenters. The number of hydrogen-bond donors (Lipinski definition) is 1. The molecule has 1 aromatic heterocycles. The van der Waals surface area contributed by atoms with Crippen LogP contribution in [0.15, 0.2) is 0 Å². The van der Waals surface area contributed by atoms with Gasteiger partial charge in [0.25, 0.3) is 0 Å². The van der Waals surface area contributed by atoms with E-state index in [9.17, 15) is 9.59 Å². The first-order chi connectivity index (χ1) is 9.50. The number of Topliss-reactive ketones (excluding diaryl/α,β-unsaturated/α-hetero) is 1. The summed E-state index contributed by atoms with van der Waals surface area (Å²) in [6.45, 7) is 4.81. The number of hydrogen-bond acceptors (Lipinski definition) is 6. The maximum absolute atomic E-state index is 11.6. The number of ketones is 1. The van der Waals surface area contributed by atoms with Gasteiger partial charge in [-0.2, -0.15) is 0 Å². The Morgan fingerprint density at radius 2 is 2.10 bits per heavy atom. The molecule has 1 aromatic rings. The molecule has 0 aromatic carbocycles. The van der Waals surface area contributed by atoms with Crippen molar-refractivity contribution in [1.29, 1.82) is 0 Å². The summed E-state index contributed by atoms with van der Waals surface area (Å²) in [6.07, 6.45) is 1.23. The molecular formula is C13H17NO5S. The monoisotopic (exact) mass is 299 g/mol. The lowest BCUT2D eigenvalue weighted by molar-refractivity contribution is -0.112. The molecule has 0 amide bonds. The Hall–Kier alpha value is -1.31. The molecule has 0 aliphatic carbocycles. The van der Waals surface area contributed by atoms with Gasteiger partial charge in [-0.3, -0.25) is 4.79 Å². The number of rotatable bonds is 5. The van der Waals surface area contributed by atoms with E-state index in [0.29, 0.717) is 37.7 Å². The van der Waals surface area contributed by atoms with Gasteiger partial charge in [-0.1, -0.05) is 0 Å². The number of carboxylic acids is 1. The number of carbonyl (C=O) groups excluding carboxylic acids is 1. The van der Waals surface area contributed by atoms with Gasteiger partial charge >= 0.3 is 5.97 Å². The lowest BCUT2D eigenvalue weighted by atomic mass is 9.95.